The van der Waals surface area contributed by atoms with Crippen LogP contribution in [-0.2, 0) is 0 Å². The Bertz CT molecular complexity index is 491. The second kappa shape index (κ2) is 4.06. The van der Waals surface area contributed by atoms with Crippen LogP contribution in [0.1, 0.15) is 31.7 Å². The molecule has 0 atom stereocenters. The topological polar surface area (TPSA) is 40.1 Å². The molecule has 1 saturated heterocycles. The molecule has 3 fully saturated rings. The first kappa shape index (κ1) is 11.0. The summed E-state index contributed by atoms with van der Waals surface area (Å²) < 4.78 is 3.01. The number of anilines is 1. The van der Waals surface area contributed by atoms with Crippen LogP contribution in [0.2, 0.25) is 0 Å². The van der Waals surface area contributed by atoms with Gasteiger partial charge >= 0.3 is 0 Å². The molecular weight excluding hydrogens is 246 g/mol. The van der Waals surface area contributed by atoms with Crippen LogP contribution < -0.4 is 4.90 Å². The van der Waals surface area contributed by atoms with Gasteiger partial charge in [0.2, 0.25) is 5.95 Å². The number of hydrogen-bond acceptors (Lipinski definition) is 4. The highest BCUT2D eigenvalue weighted by atomic mass is 32.1. The quantitative estimate of drug-likeness (QED) is 0.842. The molecule has 4 rings (SSSR count). The van der Waals surface area contributed by atoms with E-state index >= 15 is 0 Å². The fraction of sp³-hybridized carbons (Fsp3) is 0.833. The van der Waals surface area contributed by atoms with Crippen molar-refractivity contribution >= 4 is 18.2 Å². The lowest BCUT2D eigenvalue weighted by Crippen LogP contribution is -2.48. The summed E-state index contributed by atoms with van der Waals surface area (Å²) in [6.45, 7) is 4.52. The van der Waals surface area contributed by atoms with Gasteiger partial charge in [-0.2, -0.15) is 0 Å². The first-order valence-electron chi connectivity index (χ1n) is 6.99. The Hall–Kier alpha value is -0.880. The van der Waals surface area contributed by atoms with Gasteiger partial charge in [-0.3, -0.25) is 9.47 Å². The summed E-state index contributed by atoms with van der Waals surface area (Å²) in [5, 5.41) is 7.40. The number of rotatable bonds is 3. The summed E-state index contributed by atoms with van der Waals surface area (Å²) >= 11 is 5.34. The molecule has 0 spiro atoms. The Labute approximate surface area is 112 Å². The molecule has 0 bridgehead atoms. The normalized spacial score (nSPS) is 25.7. The van der Waals surface area contributed by atoms with E-state index in [1.165, 1.54) is 38.8 Å². The summed E-state index contributed by atoms with van der Waals surface area (Å²) in [7, 11) is 0. The van der Waals surface area contributed by atoms with Crippen molar-refractivity contribution in [2.75, 3.05) is 31.1 Å². The minimum absolute atomic E-state index is 0.604. The minimum atomic E-state index is 0.604. The van der Waals surface area contributed by atoms with Crippen LogP contribution in [-0.4, -0.2) is 51.9 Å². The minimum Gasteiger partial charge on any atom is -0.338 e. The van der Waals surface area contributed by atoms with Crippen molar-refractivity contribution in [3.63, 3.8) is 0 Å². The van der Waals surface area contributed by atoms with Gasteiger partial charge in [0.15, 0.2) is 4.77 Å². The summed E-state index contributed by atoms with van der Waals surface area (Å²) in [6.07, 6.45) is 5.31. The summed E-state index contributed by atoms with van der Waals surface area (Å²) in [4.78, 5) is 5.02. The molecule has 1 aromatic heterocycles. The zero-order chi connectivity index (χ0) is 12.1. The first-order valence-corrected chi connectivity index (χ1v) is 7.39. The number of aromatic amines is 1. The Morgan fingerprint density at radius 3 is 2.28 bits per heavy atom. The largest absolute Gasteiger partial charge is 0.338 e. The molecule has 18 heavy (non-hydrogen) atoms. The van der Waals surface area contributed by atoms with Crippen molar-refractivity contribution in [3.05, 3.63) is 4.77 Å². The number of aromatic nitrogens is 3. The first-order chi connectivity index (χ1) is 8.83. The monoisotopic (exact) mass is 265 g/mol. The fourth-order valence-electron chi connectivity index (χ4n) is 2.91. The molecule has 0 aromatic carbocycles. The van der Waals surface area contributed by atoms with Gasteiger partial charge in [0.05, 0.1) is 0 Å². The van der Waals surface area contributed by atoms with Crippen molar-refractivity contribution in [1.29, 1.82) is 0 Å². The molecule has 1 aliphatic heterocycles. The third-order valence-electron chi connectivity index (χ3n) is 4.26. The Balaban J connectivity index is 1.51. The fourth-order valence-corrected chi connectivity index (χ4v) is 3.18. The van der Waals surface area contributed by atoms with Crippen LogP contribution in [0.25, 0.3) is 0 Å². The second-order valence-electron chi connectivity index (χ2n) is 5.68. The number of H-pyrrole nitrogens is 1. The van der Waals surface area contributed by atoms with E-state index in [4.69, 9.17) is 12.2 Å². The Morgan fingerprint density at radius 2 is 1.67 bits per heavy atom. The third-order valence-corrected chi connectivity index (χ3v) is 4.55. The molecule has 1 N–H and O–H groups in total. The van der Waals surface area contributed by atoms with Gasteiger partial charge in [-0.1, -0.05) is 0 Å². The molecule has 2 saturated carbocycles. The van der Waals surface area contributed by atoms with Crippen LogP contribution in [0.5, 0.6) is 0 Å². The zero-order valence-corrected chi connectivity index (χ0v) is 11.3. The predicted molar refractivity (Wildman–Crippen MR) is 72.5 cm³/mol. The maximum Gasteiger partial charge on any atom is 0.226 e. The van der Waals surface area contributed by atoms with Crippen LogP contribution in [0.3, 0.4) is 0 Å². The van der Waals surface area contributed by atoms with E-state index < -0.39 is 0 Å². The van der Waals surface area contributed by atoms with E-state index in [2.05, 4.69) is 24.6 Å². The van der Waals surface area contributed by atoms with Gasteiger partial charge in [0.1, 0.15) is 0 Å². The van der Waals surface area contributed by atoms with E-state index in [0.29, 0.717) is 6.04 Å². The van der Waals surface area contributed by atoms with E-state index in [9.17, 15) is 0 Å². The van der Waals surface area contributed by atoms with Crippen LogP contribution in [0, 0.1) is 4.77 Å². The summed E-state index contributed by atoms with van der Waals surface area (Å²) in [5.41, 5.74) is 0. The highest BCUT2D eigenvalue weighted by Gasteiger charge is 2.34. The Morgan fingerprint density at radius 1 is 1.00 bits per heavy atom. The van der Waals surface area contributed by atoms with Gasteiger partial charge in [0, 0.05) is 38.3 Å². The molecule has 0 radical (unpaired) electrons. The standard InChI is InChI=1S/C12H19N5S/c18-12-14-13-11(17(12)10-3-4-10)16-7-5-15(6-8-16)9-1-2-9/h9-10H,1-8H2,(H,14,18). The summed E-state index contributed by atoms with van der Waals surface area (Å²) in [6, 6.07) is 1.49. The third kappa shape index (κ3) is 1.87. The van der Waals surface area contributed by atoms with Crippen LogP contribution in [0.4, 0.5) is 5.95 Å². The van der Waals surface area contributed by atoms with Crippen molar-refractivity contribution < 1.29 is 0 Å². The van der Waals surface area contributed by atoms with Gasteiger partial charge < -0.3 is 4.90 Å². The molecule has 2 heterocycles. The number of nitrogens with zero attached hydrogens (tertiary/aromatic N) is 4. The molecule has 98 valence electrons. The predicted octanol–water partition coefficient (Wildman–Crippen LogP) is 1.56. The average Bonchev–Trinajstić information content (AvgIpc) is 3.29. The average molecular weight is 265 g/mol. The molecule has 2 aliphatic carbocycles. The van der Waals surface area contributed by atoms with E-state index in [0.717, 1.165) is 29.9 Å². The molecule has 6 heteroatoms. The highest BCUT2D eigenvalue weighted by molar-refractivity contribution is 7.71. The van der Waals surface area contributed by atoms with E-state index in [-0.39, 0.29) is 0 Å². The number of hydrogen-bond donors (Lipinski definition) is 1. The van der Waals surface area contributed by atoms with Crippen LogP contribution in [0.15, 0.2) is 0 Å². The zero-order valence-electron chi connectivity index (χ0n) is 10.5. The Kier molecular flexibility index (Phi) is 2.48. The van der Waals surface area contributed by atoms with Gasteiger partial charge in [-0.05, 0) is 37.9 Å². The van der Waals surface area contributed by atoms with Crippen molar-refractivity contribution in [1.82, 2.24) is 19.7 Å². The van der Waals surface area contributed by atoms with Crippen molar-refractivity contribution in [2.24, 2.45) is 0 Å². The van der Waals surface area contributed by atoms with Crippen LogP contribution >= 0.6 is 12.2 Å². The number of nitrogens with one attached hydrogen (secondary N) is 1. The highest BCUT2D eigenvalue weighted by Crippen LogP contribution is 2.38. The number of piperazine rings is 1. The molecule has 0 unspecified atom stereocenters. The van der Waals surface area contributed by atoms with Gasteiger partial charge in [0.25, 0.3) is 0 Å². The lowest BCUT2D eigenvalue weighted by atomic mass is 10.3. The molecule has 0 amide bonds. The molecular formula is C12H19N5S. The summed E-state index contributed by atoms with van der Waals surface area (Å²) in [5.74, 6) is 1.07. The lowest BCUT2D eigenvalue weighted by molar-refractivity contribution is 0.246. The van der Waals surface area contributed by atoms with Crippen molar-refractivity contribution in [2.45, 2.75) is 37.8 Å². The van der Waals surface area contributed by atoms with E-state index in [1.807, 2.05) is 0 Å². The molecule has 3 aliphatic rings. The molecule has 1 aromatic rings. The molecule has 5 nitrogen and oxygen atoms in total. The van der Waals surface area contributed by atoms with Crippen molar-refractivity contribution in [3.8, 4) is 0 Å². The van der Waals surface area contributed by atoms with Gasteiger partial charge in [-0.15, -0.1) is 5.10 Å². The van der Waals surface area contributed by atoms with E-state index in [1.54, 1.807) is 0 Å². The smallest absolute Gasteiger partial charge is 0.226 e. The SMILES string of the molecule is S=c1[nH]nc(N2CCN(C3CC3)CC2)n1C1CC1. The second-order valence-corrected chi connectivity index (χ2v) is 6.07. The maximum atomic E-state index is 5.34. The maximum absolute atomic E-state index is 5.34. The lowest BCUT2D eigenvalue weighted by Gasteiger charge is -2.35. The van der Waals surface area contributed by atoms with Gasteiger partial charge in [-0.25, -0.2) is 5.10 Å².